The lowest BCUT2D eigenvalue weighted by molar-refractivity contribution is -0.140. The largest absolute Gasteiger partial charge is 0.481 e. The Kier molecular flexibility index (Phi) is 7.00. The molecule has 1 aromatic rings. The van der Waals surface area contributed by atoms with Crippen LogP contribution in [0.2, 0.25) is 0 Å². The van der Waals surface area contributed by atoms with Crippen molar-refractivity contribution in [1.29, 1.82) is 0 Å². The minimum absolute atomic E-state index is 0.101. The molecule has 0 unspecified atom stereocenters. The van der Waals surface area contributed by atoms with E-state index in [9.17, 15) is 14.4 Å². The third-order valence-corrected chi connectivity index (χ3v) is 4.78. The van der Waals surface area contributed by atoms with Gasteiger partial charge in [0.05, 0.1) is 6.42 Å². The van der Waals surface area contributed by atoms with E-state index in [1.165, 1.54) is 4.90 Å². The number of amides is 3. The zero-order chi connectivity index (χ0) is 19.0. The number of aliphatic carboxylic acids is 1. The molecule has 0 aromatic heterocycles. The maximum Gasteiger partial charge on any atom is 0.315 e. The predicted molar refractivity (Wildman–Crippen MR) is 97.5 cm³/mol. The molecule has 0 atom stereocenters. The van der Waals surface area contributed by atoms with E-state index in [-0.39, 0.29) is 24.9 Å². The van der Waals surface area contributed by atoms with Crippen LogP contribution in [0.15, 0.2) is 30.3 Å². The fraction of sp³-hybridized carbons (Fsp3) is 0.526. The second kappa shape index (κ2) is 9.22. The van der Waals surface area contributed by atoms with E-state index in [0.29, 0.717) is 25.9 Å². The lowest BCUT2D eigenvalue weighted by Crippen LogP contribution is -2.60. The van der Waals surface area contributed by atoms with Crippen LogP contribution in [0.5, 0.6) is 0 Å². The van der Waals surface area contributed by atoms with Crippen molar-refractivity contribution >= 4 is 17.9 Å². The maximum atomic E-state index is 13.0. The Labute approximate surface area is 153 Å². The standard InChI is InChI=1S/C19H27N3O4/c1-2-22(13-10-16(23)24)17(25)19(11-6-7-12-19)21-18(26)20-14-15-8-4-3-5-9-15/h3-5,8-9H,2,6-7,10-14H2,1H3,(H,23,24)(H2,20,21,26). The molecule has 1 aliphatic rings. The third-order valence-electron chi connectivity index (χ3n) is 4.78. The zero-order valence-electron chi connectivity index (χ0n) is 15.2. The van der Waals surface area contributed by atoms with E-state index in [0.717, 1.165) is 18.4 Å². The number of hydrogen-bond acceptors (Lipinski definition) is 3. The number of carbonyl (C=O) groups excluding carboxylic acids is 2. The lowest BCUT2D eigenvalue weighted by Gasteiger charge is -2.34. The van der Waals surface area contributed by atoms with Crippen LogP contribution in [0.25, 0.3) is 0 Å². The number of nitrogens with zero attached hydrogens (tertiary/aromatic N) is 1. The van der Waals surface area contributed by atoms with Crippen molar-refractivity contribution in [3.05, 3.63) is 35.9 Å². The minimum atomic E-state index is -0.940. The molecule has 1 aliphatic carbocycles. The van der Waals surface area contributed by atoms with Gasteiger partial charge >= 0.3 is 12.0 Å². The summed E-state index contributed by atoms with van der Waals surface area (Å²) in [6.07, 6.45) is 2.78. The number of rotatable bonds is 8. The lowest BCUT2D eigenvalue weighted by atomic mass is 9.95. The van der Waals surface area contributed by atoms with E-state index in [2.05, 4.69) is 10.6 Å². The van der Waals surface area contributed by atoms with Crippen molar-refractivity contribution < 1.29 is 19.5 Å². The molecule has 26 heavy (non-hydrogen) atoms. The Morgan fingerprint density at radius 1 is 1.15 bits per heavy atom. The summed E-state index contributed by atoms with van der Waals surface area (Å²) in [7, 11) is 0. The minimum Gasteiger partial charge on any atom is -0.481 e. The summed E-state index contributed by atoms with van der Waals surface area (Å²) in [4.78, 5) is 37.7. The van der Waals surface area contributed by atoms with E-state index in [1.807, 2.05) is 37.3 Å². The molecule has 1 fully saturated rings. The molecule has 0 heterocycles. The van der Waals surface area contributed by atoms with Crippen LogP contribution in [-0.2, 0) is 16.1 Å². The quantitative estimate of drug-likeness (QED) is 0.660. The first-order chi connectivity index (χ1) is 12.5. The van der Waals surface area contributed by atoms with Crippen LogP contribution >= 0.6 is 0 Å². The van der Waals surface area contributed by atoms with Gasteiger partial charge in [0.1, 0.15) is 5.54 Å². The summed E-state index contributed by atoms with van der Waals surface area (Å²) in [6.45, 7) is 2.77. The molecule has 142 valence electrons. The molecule has 0 bridgehead atoms. The molecule has 3 amide bonds. The van der Waals surface area contributed by atoms with Crippen molar-refractivity contribution in [2.75, 3.05) is 13.1 Å². The molecule has 1 saturated carbocycles. The summed E-state index contributed by atoms with van der Waals surface area (Å²) >= 11 is 0. The molecule has 7 nitrogen and oxygen atoms in total. The number of nitrogens with one attached hydrogen (secondary N) is 2. The van der Waals surface area contributed by atoms with Crippen LogP contribution in [0.1, 0.15) is 44.6 Å². The molecule has 0 radical (unpaired) electrons. The molecule has 2 rings (SSSR count). The summed E-state index contributed by atoms with van der Waals surface area (Å²) < 4.78 is 0. The number of benzene rings is 1. The first-order valence-corrected chi connectivity index (χ1v) is 9.08. The molecule has 7 heteroatoms. The van der Waals surface area contributed by atoms with Gasteiger partial charge in [0.2, 0.25) is 5.91 Å². The Hall–Kier alpha value is -2.57. The van der Waals surface area contributed by atoms with Gasteiger partial charge in [-0.15, -0.1) is 0 Å². The second-order valence-corrected chi connectivity index (χ2v) is 6.61. The van der Waals surface area contributed by atoms with E-state index < -0.39 is 11.5 Å². The van der Waals surface area contributed by atoms with Crippen LogP contribution in [0.3, 0.4) is 0 Å². The molecular formula is C19H27N3O4. The topological polar surface area (TPSA) is 98.7 Å². The van der Waals surface area contributed by atoms with E-state index in [4.69, 9.17) is 5.11 Å². The highest BCUT2D eigenvalue weighted by molar-refractivity contribution is 5.91. The van der Waals surface area contributed by atoms with Gasteiger partial charge in [-0.05, 0) is 25.3 Å². The number of urea groups is 1. The van der Waals surface area contributed by atoms with Gasteiger partial charge in [-0.2, -0.15) is 0 Å². The Bertz CT molecular complexity index is 627. The average Bonchev–Trinajstić information content (AvgIpc) is 3.10. The van der Waals surface area contributed by atoms with Crippen molar-refractivity contribution in [1.82, 2.24) is 15.5 Å². The highest BCUT2D eigenvalue weighted by atomic mass is 16.4. The fourth-order valence-corrected chi connectivity index (χ4v) is 3.35. The van der Waals surface area contributed by atoms with Crippen LogP contribution in [-0.4, -0.2) is 46.5 Å². The highest BCUT2D eigenvalue weighted by Crippen LogP contribution is 2.31. The number of hydrogen-bond donors (Lipinski definition) is 3. The van der Waals surface area contributed by atoms with Crippen LogP contribution in [0, 0.1) is 0 Å². The van der Waals surface area contributed by atoms with Gasteiger partial charge < -0.3 is 20.6 Å². The number of carbonyl (C=O) groups is 3. The number of carboxylic acid groups (broad SMARTS) is 1. The Morgan fingerprint density at radius 3 is 2.38 bits per heavy atom. The van der Waals surface area contributed by atoms with Crippen molar-refractivity contribution in [3.63, 3.8) is 0 Å². The maximum absolute atomic E-state index is 13.0. The molecule has 3 N–H and O–H groups in total. The summed E-state index contributed by atoms with van der Waals surface area (Å²) in [5.74, 6) is -1.13. The monoisotopic (exact) mass is 361 g/mol. The van der Waals surface area contributed by atoms with Crippen molar-refractivity contribution in [2.24, 2.45) is 0 Å². The van der Waals surface area contributed by atoms with Gasteiger partial charge in [-0.3, -0.25) is 9.59 Å². The second-order valence-electron chi connectivity index (χ2n) is 6.61. The molecule has 0 aliphatic heterocycles. The molecule has 1 aromatic carbocycles. The summed E-state index contributed by atoms with van der Waals surface area (Å²) in [6, 6.07) is 9.17. The van der Waals surface area contributed by atoms with Crippen LogP contribution in [0.4, 0.5) is 4.79 Å². The summed E-state index contributed by atoms with van der Waals surface area (Å²) in [5, 5.41) is 14.5. The number of carboxylic acids is 1. The first kappa shape index (κ1) is 19.8. The normalized spacial score (nSPS) is 15.3. The van der Waals surface area contributed by atoms with Gasteiger partial charge in [-0.1, -0.05) is 43.2 Å². The molecule has 0 spiro atoms. The fourth-order valence-electron chi connectivity index (χ4n) is 3.35. The van der Waals surface area contributed by atoms with Gasteiger partial charge in [0, 0.05) is 19.6 Å². The molecular weight excluding hydrogens is 334 g/mol. The van der Waals surface area contributed by atoms with Gasteiger partial charge in [0.15, 0.2) is 0 Å². The zero-order valence-corrected chi connectivity index (χ0v) is 15.2. The van der Waals surface area contributed by atoms with Gasteiger partial charge in [0.25, 0.3) is 0 Å². The van der Waals surface area contributed by atoms with Gasteiger partial charge in [-0.25, -0.2) is 4.79 Å². The summed E-state index contributed by atoms with van der Waals surface area (Å²) in [5.41, 5.74) is 0.0426. The van der Waals surface area contributed by atoms with E-state index in [1.54, 1.807) is 0 Å². The predicted octanol–water partition coefficient (Wildman–Crippen LogP) is 2.12. The highest BCUT2D eigenvalue weighted by Gasteiger charge is 2.44. The smallest absolute Gasteiger partial charge is 0.315 e. The first-order valence-electron chi connectivity index (χ1n) is 9.08. The molecule has 0 saturated heterocycles. The van der Waals surface area contributed by atoms with Crippen LogP contribution < -0.4 is 10.6 Å². The average molecular weight is 361 g/mol. The Balaban J connectivity index is 1.99. The third kappa shape index (κ3) is 5.21. The SMILES string of the molecule is CCN(CCC(=O)O)C(=O)C1(NC(=O)NCc2ccccc2)CCCC1. The Morgan fingerprint density at radius 2 is 1.81 bits per heavy atom. The van der Waals surface area contributed by atoms with E-state index >= 15 is 0 Å². The van der Waals surface area contributed by atoms with Crippen molar-refractivity contribution in [3.8, 4) is 0 Å². The number of likely N-dealkylation sites (N-methyl/N-ethyl adjacent to an activating group) is 1. The van der Waals surface area contributed by atoms with Crippen molar-refractivity contribution in [2.45, 2.75) is 51.1 Å².